The van der Waals surface area contributed by atoms with Crippen LogP contribution >= 0.6 is 0 Å². The molecule has 0 saturated heterocycles. The highest BCUT2D eigenvalue weighted by molar-refractivity contribution is 6.60. The van der Waals surface area contributed by atoms with E-state index >= 15 is 0 Å². The lowest BCUT2D eigenvalue weighted by Crippen LogP contribution is -3.00. The highest BCUT2D eigenvalue weighted by Gasteiger charge is 2.37. The van der Waals surface area contributed by atoms with Crippen LogP contribution in [0.3, 0.4) is 0 Å². The molecule has 0 bridgehead atoms. The third kappa shape index (κ3) is 18.4. The van der Waals surface area contributed by atoms with Crippen LogP contribution in [0, 0.1) is 0 Å². The Kier molecular flexibility index (Phi) is 25.8. The normalized spacial score (nSPS) is 11.6. The van der Waals surface area contributed by atoms with E-state index in [-0.39, 0.29) is 12.4 Å². The number of unbranched alkanes of at least 4 members (excludes halogenated alkanes) is 13. The summed E-state index contributed by atoms with van der Waals surface area (Å²) in [4.78, 5) is 0. The van der Waals surface area contributed by atoms with Crippen molar-refractivity contribution in [1.82, 2.24) is 0 Å². The zero-order chi connectivity index (χ0) is 20.1. The lowest BCUT2D eigenvalue weighted by molar-refractivity contribution is -0.655. The van der Waals surface area contributed by atoms with Gasteiger partial charge in [0, 0.05) is 33.8 Å². The number of halogens is 1. The smallest absolute Gasteiger partial charge is 0.500 e. The van der Waals surface area contributed by atoms with E-state index in [1.165, 1.54) is 96.4 Å². The molecule has 0 fully saturated rings. The minimum absolute atomic E-state index is 0. The fraction of sp³-hybridized carbons (Fsp3) is 1.00. The molecule has 0 aromatic rings. The van der Waals surface area contributed by atoms with E-state index in [1.807, 2.05) is 0 Å². The maximum Gasteiger partial charge on any atom is 0.500 e. The van der Waals surface area contributed by atoms with Gasteiger partial charge in [-0.15, -0.1) is 0 Å². The van der Waals surface area contributed by atoms with Crippen LogP contribution in [0.1, 0.15) is 103 Å². The number of quaternary nitrogens is 1. The Bertz CT molecular complexity index is 287. The van der Waals surface area contributed by atoms with Gasteiger partial charge < -0.3 is 31.0 Å². The summed E-state index contributed by atoms with van der Waals surface area (Å²) < 4.78 is 16.3. The Morgan fingerprint density at radius 2 is 0.893 bits per heavy atom. The van der Waals surface area contributed by atoms with Gasteiger partial charge in [-0.05, 0) is 12.8 Å². The topological polar surface area (TPSA) is 44.3 Å². The highest BCUT2D eigenvalue weighted by Crippen LogP contribution is 2.14. The molecule has 6 heteroatoms. The Labute approximate surface area is 183 Å². The van der Waals surface area contributed by atoms with Crippen LogP contribution in [-0.4, -0.2) is 43.2 Å². The van der Waals surface area contributed by atoms with Crippen LogP contribution < -0.4 is 17.7 Å². The minimum Gasteiger partial charge on any atom is -1.00 e. The summed E-state index contributed by atoms with van der Waals surface area (Å²) in [5, 5.41) is 2.43. The SMILES string of the molecule is CCCCCCCCCCCCCCCC[NH2+]CCC[Si](OC)(OC)OC.[Cl-]. The van der Waals surface area contributed by atoms with Crippen LogP contribution in [-0.2, 0) is 13.3 Å². The summed E-state index contributed by atoms with van der Waals surface area (Å²) in [6, 6.07) is 0.908. The summed E-state index contributed by atoms with van der Waals surface area (Å²) in [5.41, 5.74) is 0. The number of hydrogen-bond donors (Lipinski definition) is 1. The monoisotopic (exact) mass is 439 g/mol. The molecule has 0 rings (SSSR count). The van der Waals surface area contributed by atoms with Crippen molar-refractivity contribution in [1.29, 1.82) is 0 Å². The minimum atomic E-state index is -2.35. The van der Waals surface area contributed by atoms with Crippen LogP contribution in [0.2, 0.25) is 6.04 Å². The molecule has 0 saturated carbocycles. The predicted molar refractivity (Wildman–Crippen MR) is 118 cm³/mol. The largest absolute Gasteiger partial charge is 1.00 e. The van der Waals surface area contributed by atoms with Crippen LogP contribution in [0.5, 0.6) is 0 Å². The van der Waals surface area contributed by atoms with Crippen molar-refractivity contribution >= 4 is 8.80 Å². The molecular weight excluding hydrogens is 390 g/mol. The summed E-state index contributed by atoms with van der Waals surface area (Å²) in [6.07, 6.45) is 21.1. The first-order valence-corrected chi connectivity index (χ1v) is 13.6. The van der Waals surface area contributed by atoms with Gasteiger partial charge in [0.2, 0.25) is 0 Å². The molecule has 0 amide bonds. The van der Waals surface area contributed by atoms with Crippen LogP contribution in [0.15, 0.2) is 0 Å². The molecule has 0 unspecified atom stereocenters. The molecule has 0 spiro atoms. The fourth-order valence-electron chi connectivity index (χ4n) is 3.65. The Morgan fingerprint density at radius 3 is 1.29 bits per heavy atom. The van der Waals surface area contributed by atoms with Gasteiger partial charge in [0.05, 0.1) is 13.1 Å². The first-order chi connectivity index (χ1) is 13.2. The second kappa shape index (κ2) is 23.6. The van der Waals surface area contributed by atoms with E-state index in [4.69, 9.17) is 13.3 Å². The van der Waals surface area contributed by atoms with Crippen molar-refractivity contribution in [2.75, 3.05) is 34.4 Å². The van der Waals surface area contributed by atoms with Crippen molar-refractivity contribution in [2.24, 2.45) is 0 Å². The molecule has 0 aromatic carbocycles. The molecule has 2 N–H and O–H groups in total. The lowest BCUT2D eigenvalue weighted by atomic mass is 10.0. The van der Waals surface area contributed by atoms with E-state index < -0.39 is 8.80 Å². The van der Waals surface area contributed by atoms with Gasteiger partial charge in [0.1, 0.15) is 0 Å². The molecule has 172 valence electrons. The maximum absolute atomic E-state index is 5.45. The van der Waals surface area contributed by atoms with Crippen LogP contribution in [0.4, 0.5) is 0 Å². The van der Waals surface area contributed by atoms with E-state index in [2.05, 4.69) is 12.2 Å². The summed E-state index contributed by atoms with van der Waals surface area (Å²) in [7, 11) is 2.73. The molecule has 0 aliphatic rings. The summed E-state index contributed by atoms with van der Waals surface area (Å²) >= 11 is 0. The van der Waals surface area contributed by atoms with Gasteiger partial charge in [0.15, 0.2) is 0 Å². The Balaban J connectivity index is 0. The van der Waals surface area contributed by atoms with Gasteiger partial charge in [0.25, 0.3) is 0 Å². The second-order valence-electron chi connectivity index (χ2n) is 7.86. The van der Waals surface area contributed by atoms with Crippen LogP contribution in [0.25, 0.3) is 0 Å². The first kappa shape index (κ1) is 30.5. The van der Waals surface area contributed by atoms with Crippen molar-refractivity contribution in [2.45, 2.75) is 109 Å². The Morgan fingerprint density at radius 1 is 0.536 bits per heavy atom. The summed E-state index contributed by atoms with van der Waals surface area (Å²) in [5.74, 6) is 0. The molecule has 4 nitrogen and oxygen atoms in total. The third-order valence-electron chi connectivity index (χ3n) is 5.59. The lowest BCUT2D eigenvalue weighted by Gasteiger charge is -2.23. The zero-order valence-corrected chi connectivity index (χ0v) is 21.2. The number of hydrogen-bond acceptors (Lipinski definition) is 3. The van der Waals surface area contributed by atoms with Crippen molar-refractivity contribution in [3.63, 3.8) is 0 Å². The third-order valence-corrected chi connectivity index (χ3v) is 8.42. The number of nitrogens with two attached hydrogens (primary N) is 1. The molecule has 28 heavy (non-hydrogen) atoms. The number of rotatable bonds is 22. The average Bonchev–Trinajstić information content (AvgIpc) is 2.70. The van der Waals surface area contributed by atoms with Crippen molar-refractivity contribution in [3.05, 3.63) is 0 Å². The van der Waals surface area contributed by atoms with Gasteiger partial charge in [-0.2, -0.15) is 0 Å². The van der Waals surface area contributed by atoms with E-state index in [0.29, 0.717) is 0 Å². The molecule has 0 radical (unpaired) electrons. The molecule has 0 heterocycles. The van der Waals surface area contributed by atoms with E-state index in [1.54, 1.807) is 21.3 Å². The van der Waals surface area contributed by atoms with E-state index in [0.717, 1.165) is 19.0 Å². The van der Waals surface area contributed by atoms with Gasteiger partial charge in [-0.25, -0.2) is 0 Å². The van der Waals surface area contributed by atoms with Crippen molar-refractivity contribution < 1.29 is 31.0 Å². The quantitative estimate of drug-likeness (QED) is 0.208. The molecule has 0 aliphatic heterocycles. The highest BCUT2D eigenvalue weighted by atomic mass is 35.5. The molecule has 0 aliphatic carbocycles. The van der Waals surface area contributed by atoms with Crippen molar-refractivity contribution in [3.8, 4) is 0 Å². The Hall–Kier alpha value is 0.347. The maximum atomic E-state index is 5.45. The molecular formula is C22H50ClNO3Si. The average molecular weight is 440 g/mol. The first-order valence-electron chi connectivity index (χ1n) is 11.7. The fourth-order valence-corrected chi connectivity index (χ4v) is 5.40. The van der Waals surface area contributed by atoms with Gasteiger partial charge in [-0.3, -0.25) is 0 Å². The zero-order valence-electron chi connectivity index (χ0n) is 19.4. The predicted octanol–water partition coefficient (Wildman–Crippen LogP) is 2.30. The molecule has 0 aromatic heterocycles. The second-order valence-corrected chi connectivity index (χ2v) is 11.0. The standard InChI is InChI=1S/C22H49NO3Si.ClH/c1-5-6-7-8-9-10-11-12-13-14-15-16-17-18-20-23-21-19-22-27(24-2,25-3)26-4;/h23H,5-22H2,1-4H3;1H. The van der Waals surface area contributed by atoms with Gasteiger partial charge >= 0.3 is 8.80 Å². The summed E-state index contributed by atoms with van der Waals surface area (Å²) in [6.45, 7) is 4.68. The van der Waals surface area contributed by atoms with E-state index in [9.17, 15) is 0 Å². The van der Waals surface area contributed by atoms with Gasteiger partial charge in [-0.1, -0.05) is 84.0 Å². The molecule has 0 atom stereocenters.